The molecule has 0 aromatic heterocycles. The van der Waals surface area contributed by atoms with Gasteiger partial charge < -0.3 is 14.5 Å². The number of hydrogen-bond acceptors (Lipinski definition) is 4. The largest absolute Gasteiger partial charge is 0.495 e. The van der Waals surface area contributed by atoms with Crippen molar-refractivity contribution in [2.45, 2.75) is 32.4 Å². The third kappa shape index (κ3) is 2.73. The van der Waals surface area contributed by atoms with Gasteiger partial charge in [0.15, 0.2) is 0 Å². The number of hydrogen-bond donors (Lipinski definition) is 0. The first-order valence-electron chi connectivity index (χ1n) is 8.03. The molecule has 1 atom stereocenters. The van der Waals surface area contributed by atoms with Crippen LogP contribution in [0.5, 0.6) is 5.75 Å². The fourth-order valence-corrected chi connectivity index (χ4v) is 3.36. The highest BCUT2D eigenvalue weighted by atomic mass is 16.5. The quantitative estimate of drug-likeness (QED) is 0.797. The molecule has 2 heterocycles. The Kier molecular flexibility index (Phi) is 4.15. The summed E-state index contributed by atoms with van der Waals surface area (Å²) in [6.45, 7) is 5.53. The van der Waals surface area contributed by atoms with Gasteiger partial charge in [0, 0.05) is 19.1 Å². The van der Waals surface area contributed by atoms with E-state index in [1.807, 2.05) is 38.1 Å². The predicted molar refractivity (Wildman–Crippen MR) is 87.7 cm³/mol. The van der Waals surface area contributed by atoms with Crippen molar-refractivity contribution in [3.63, 3.8) is 0 Å². The molecule has 2 fully saturated rings. The lowest BCUT2D eigenvalue weighted by Crippen LogP contribution is -2.43. The smallest absolute Gasteiger partial charge is 0.327 e. The number of urea groups is 1. The number of benzene rings is 1. The van der Waals surface area contributed by atoms with Crippen LogP contribution in [0.4, 0.5) is 10.5 Å². The van der Waals surface area contributed by atoms with Crippen LogP contribution in [0.1, 0.15) is 20.3 Å². The maximum Gasteiger partial charge on any atom is 0.327 e. The summed E-state index contributed by atoms with van der Waals surface area (Å²) in [7, 11) is 1.65. The highest BCUT2D eigenvalue weighted by Gasteiger charge is 2.43. The van der Waals surface area contributed by atoms with Gasteiger partial charge in [0.1, 0.15) is 12.3 Å². The summed E-state index contributed by atoms with van der Waals surface area (Å²) in [5.74, 6) is 0.728. The molecule has 1 aromatic rings. The topological polar surface area (TPSA) is 53.1 Å². The molecule has 6 heteroatoms. The molecule has 3 amide bonds. The number of carbonyl (C=O) groups excluding carboxylic acids is 2. The molecule has 1 aromatic carbocycles. The second-order valence-electron chi connectivity index (χ2n) is 6.33. The van der Waals surface area contributed by atoms with Gasteiger partial charge in [-0.15, -0.1) is 0 Å². The van der Waals surface area contributed by atoms with Crippen molar-refractivity contribution in [2.75, 3.05) is 31.6 Å². The van der Waals surface area contributed by atoms with Crippen LogP contribution in [0.3, 0.4) is 0 Å². The monoisotopic (exact) mass is 317 g/mol. The van der Waals surface area contributed by atoms with E-state index in [1.54, 1.807) is 12.0 Å². The van der Waals surface area contributed by atoms with Gasteiger partial charge in [0.05, 0.1) is 18.8 Å². The molecule has 0 radical (unpaired) electrons. The van der Waals surface area contributed by atoms with Crippen molar-refractivity contribution in [1.82, 2.24) is 9.80 Å². The van der Waals surface area contributed by atoms with E-state index >= 15 is 0 Å². The van der Waals surface area contributed by atoms with Gasteiger partial charge >= 0.3 is 6.03 Å². The van der Waals surface area contributed by atoms with Crippen molar-refractivity contribution in [1.29, 1.82) is 0 Å². The van der Waals surface area contributed by atoms with E-state index in [4.69, 9.17) is 4.74 Å². The van der Waals surface area contributed by atoms with E-state index in [0.717, 1.165) is 24.4 Å². The fraction of sp³-hybridized carbons (Fsp3) is 0.529. The Morgan fingerprint density at radius 1 is 1.22 bits per heavy atom. The van der Waals surface area contributed by atoms with E-state index in [1.165, 1.54) is 4.90 Å². The third-order valence-electron chi connectivity index (χ3n) is 4.60. The normalized spacial score (nSPS) is 21.7. The molecule has 0 spiro atoms. The van der Waals surface area contributed by atoms with E-state index in [0.29, 0.717) is 6.54 Å². The summed E-state index contributed by atoms with van der Waals surface area (Å²) in [5.41, 5.74) is 1.01. The first-order chi connectivity index (χ1) is 11.0. The van der Waals surface area contributed by atoms with E-state index < -0.39 is 0 Å². The molecule has 2 aliphatic rings. The Labute approximate surface area is 136 Å². The van der Waals surface area contributed by atoms with Crippen LogP contribution in [0.15, 0.2) is 24.3 Å². The number of carbonyl (C=O) groups is 2. The lowest BCUT2D eigenvalue weighted by molar-refractivity contribution is -0.126. The van der Waals surface area contributed by atoms with E-state index in [2.05, 4.69) is 4.90 Å². The Morgan fingerprint density at radius 2 is 1.96 bits per heavy atom. The van der Waals surface area contributed by atoms with Crippen LogP contribution >= 0.6 is 0 Å². The number of para-hydroxylation sites is 2. The minimum atomic E-state index is -0.156. The maximum atomic E-state index is 12.5. The molecule has 6 nitrogen and oxygen atoms in total. The number of ether oxygens (including phenoxy) is 1. The van der Waals surface area contributed by atoms with Crippen molar-refractivity contribution >= 4 is 17.6 Å². The highest BCUT2D eigenvalue weighted by molar-refractivity contribution is 6.02. The van der Waals surface area contributed by atoms with Crippen LogP contribution in [0.25, 0.3) is 0 Å². The molecule has 0 aliphatic carbocycles. The Hall–Kier alpha value is -2.24. The second kappa shape index (κ2) is 6.10. The first kappa shape index (κ1) is 15.6. The molecule has 1 unspecified atom stereocenters. The van der Waals surface area contributed by atoms with Crippen LogP contribution < -0.4 is 9.64 Å². The molecule has 0 bridgehead atoms. The molecule has 23 heavy (non-hydrogen) atoms. The van der Waals surface area contributed by atoms with Crippen LogP contribution in [-0.4, -0.2) is 60.6 Å². The zero-order valence-electron chi connectivity index (χ0n) is 13.9. The Morgan fingerprint density at radius 3 is 2.61 bits per heavy atom. The van der Waals surface area contributed by atoms with Crippen molar-refractivity contribution in [2.24, 2.45) is 0 Å². The summed E-state index contributed by atoms with van der Waals surface area (Å²) in [6, 6.07) is 7.66. The van der Waals surface area contributed by atoms with Gasteiger partial charge in [-0.3, -0.25) is 9.69 Å². The van der Waals surface area contributed by atoms with Gasteiger partial charge in [0.25, 0.3) is 5.91 Å². The van der Waals surface area contributed by atoms with Crippen LogP contribution in [-0.2, 0) is 4.79 Å². The summed E-state index contributed by atoms with van der Waals surface area (Å²) in [4.78, 5) is 30.0. The number of imide groups is 1. The molecular formula is C17H23N3O3. The second-order valence-corrected chi connectivity index (χ2v) is 6.33. The summed E-state index contributed by atoms with van der Waals surface area (Å²) >= 11 is 0. The SMILES string of the molecule is COc1ccccc1N1CCC(N2C(=O)CN(C(C)C)C2=O)C1. The third-order valence-corrected chi connectivity index (χ3v) is 4.60. The number of amides is 3. The molecule has 2 aliphatic heterocycles. The standard InChI is InChI=1S/C17H23N3O3/c1-12(2)19-11-16(21)20(17(19)22)13-8-9-18(10-13)14-6-4-5-7-15(14)23-3/h4-7,12-13H,8-11H2,1-3H3. The highest BCUT2D eigenvalue weighted by Crippen LogP contribution is 2.32. The summed E-state index contributed by atoms with van der Waals surface area (Å²) in [6.07, 6.45) is 0.793. The lowest BCUT2D eigenvalue weighted by atomic mass is 10.2. The lowest BCUT2D eigenvalue weighted by Gasteiger charge is -2.25. The summed E-state index contributed by atoms with van der Waals surface area (Å²) < 4.78 is 5.41. The van der Waals surface area contributed by atoms with Gasteiger partial charge in [-0.25, -0.2) is 4.79 Å². The minimum absolute atomic E-state index is 0.0446. The van der Waals surface area contributed by atoms with Gasteiger partial charge in [-0.1, -0.05) is 12.1 Å². The molecule has 2 saturated heterocycles. The van der Waals surface area contributed by atoms with Crippen LogP contribution in [0.2, 0.25) is 0 Å². The van der Waals surface area contributed by atoms with Crippen molar-refractivity contribution in [3.8, 4) is 5.75 Å². The van der Waals surface area contributed by atoms with E-state index in [9.17, 15) is 9.59 Å². The first-order valence-corrected chi connectivity index (χ1v) is 8.03. The zero-order valence-corrected chi connectivity index (χ0v) is 13.9. The number of anilines is 1. The number of rotatable bonds is 4. The van der Waals surface area contributed by atoms with Crippen LogP contribution in [0, 0.1) is 0 Å². The minimum Gasteiger partial charge on any atom is -0.495 e. The fourth-order valence-electron chi connectivity index (χ4n) is 3.36. The Bertz CT molecular complexity index is 617. The van der Waals surface area contributed by atoms with E-state index in [-0.39, 0.29) is 30.6 Å². The molecule has 0 N–H and O–H groups in total. The van der Waals surface area contributed by atoms with Crippen molar-refractivity contribution < 1.29 is 14.3 Å². The molecule has 3 rings (SSSR count). The van der Waals surface area contributed by atoms with Gasteiger partial charge in [-0.2, -0.15) is 0 Å². The summed E-state index contributed by atoms with van der Waals surface area (Å²) in [5, 5.41) is 0. The molecule has 0 saturated carbocycles. The van der Waals surface area contributed by atoms with Gasteiger partial charge in [0.2, 0.25) is 0 Å². The number of nitrogens with zero attached hydrogens (tertiary/aromatic N) is 3. The average molecular weight is 317 g/mol. The van der Waals surface area contributed by atoms with Crippen molar-refractivity contribution in [3.05, 3.63) is 24.3 Å². The maximum absolute atomic E-state index is 12.5. The average Bonchev–Trinajstić information content (AvgIpc) is 3.12. The predicted octanol–water partition coefficient (Wildman–Crippen LogP) is 1.95. The molecular weight excluding hydrogens is 294 g/mol. The van der Waals surface area contributed by atoms with Gasteiger partial charge in [-0.05, 0) is 32.4 Å². The number of methoxy groups -OCH3 is 1. The molecule has 124 valence electrons. The zero-order chi connectivity index (χ0) is 16.6. The Balaban J connectivity index is 1.75.